The first-order chi connectivity index (χ1) is 16.6. The van der Waals surface area contributed by atoms with Crippen molar-refractivity contribution in [2.24, 2.45) is 0 Å². The van der Waals surface area contributed by atoms with Gasteiger partial charge in [-0.3, -0.25) is 14.5 Å². The zero-order chi connectivity index (χ0) is 25.3. The Morgan fingerprint density at radius 2 is 2.09 bits per heavy atom. The van der Waals surface area contributed by atoms with Crippen LogP contribution in [0.5, 0.6) is 0 Å². The molecule has 188 valence electrons. The Hall–Kier alpha value is -3.34. The molecule has 2 N–H and O–H groups in total. The number of rotatable bonds is 7. The number of nitrogens with one attached hydrogen (secondary N) is 2. The predicted octanol–water partition coefficient (Wildman–Crippen LogP) is 2.74. The third-order valence-corrected chi connectivity index (χ3v) is 6.51. The summed E-state index contributed by atoms with van der Waals surface area (Å²) in [6.07, 6.45) is -1.56. The van der Waals surface area contributed by atoms with E-state index in [2.05, 4.69) is 17.2 Å². The van der Waals surface area contributed by atoms with Crippen molar-refractivity contribution in [3.63, 3.8) is 0 Å². The van der Waals surface area contributed by atoms with Gasteiger partial charge in [-0.25, -0.2) is 4.79 Å². The second kappa shape index (κ2) is 9.73. The molecule has 0 saturated carbocycles. The number of nitrogens with zero attached hydrogens (tertiary/aromatic N) is 2. The molecule has 0 aromatic heterocycles. The monoisotopic (exact) mass is 492 g/mol. The Balaban J connectivity index is 1.64. The highest BCUT2D eigenvalue weighted by Gasteiger charge is 2.48. The van der Waals surface area contributed by atoms with E-state index in [1.807, 2.05) is 0 Å². The number of halogens is 3. The molecule has 3 aliphatic rings. The minimum atomic E-state index is -4.68. The molecule has 0 spiro atoms. The number of benzene rings is 1. The van der Waals surface area contributed by atoms with Crippen LogP contribution >= 0.6 is 0 Å². The van der Waals surface area contributed by atoms with Gasteiger partial charge in [0.15, 0.2) is 0 Å². The van der Waals surface area contributed by atoms with Gasteiger partial charge < -0.3 is 20.3 Å². The van der Waals surface area contributed by atoms with Crippen LogP contribution in [-0.2, 0) is 20.5 Å². The summed E-state index contributed by atoms with van der Waals surface area (Å²) in [5.74, 6) is -1.01. The lowest BCUT2D eigenvalue weighted by atomic mass is 9.91. The molecule has 1 aromatic rings. The highest BCUT2D eigenvalue weighted by molar-refractivity contribution is 6.03. The smallest absolute Gasteiger partial charge is 0.376 e. The molecule has 8 nitrogen and oxygen atoms in total. The van der Waals surface area contributed by atoms with E-state index in [-0.39, 0.29) is 36.0 Å². The van der Waals surface area contributed by atoms with Gasteiger partial charge in [0.1, 0.15) is 6.04 Å². The normalized spacial score (nSPS) is 23.3. The predicted molar refractivity (Wildman–Crippen MR) is 120 cm³/mol. The fourth-order valence-electron chi connectivity index (χ4n) is 4.70. The molecular formula is C24H27F3N4O4. The lowest BCUT2D eigenvalue weighted by molar-refractivity contribution is -0.138. The Morgan fingerprint density at radius 3 is 2.74 bits per heavy atom. The van der Waals surface area contributed by atoms with E-state index in [4.69, 9.17) is 4.74 Å². The number of amides is 4. The maximum Gasteiger partial charge on any atom is 0.416 e. The summed E-state index contributed by atoms with van der Waals surface area (Å²) in [5.41, 5.74) is -0.894. The quantitative estimate of drug-likeness (QED) is 0.573. The zero-order valence-electron chi connectivity index (χ0n) is 19.2. The molecule has 0 unspecified atom stereocenters. The lowest BCUT2D eigenvalue weighted by Gasteiger charge is -2.33. The number of carbonyl (C=O) groups is 3. The largest absolute Gasteiger partial charge is 0.416 e. The van der Waals surface area contributed by atoms with Crippen LogP contribution in [0.2, 0.25) is 0 Å². The number of hydrogen-bond donors (Lipinski definition) is 2. The summed E-state index contributed by atoms with van der Waals surface area (Å²) in [6, 6.07) is 1.97. The third kappa shape index (κ3) is 4.77. The fourth-order valence-corrected chi connectivity index (χ4v) is 4.70. The summed E-state index contributed by atoms with van der Waals surface area (Å²) in [7, 11) is 0. The van der Waals surface area contributed by atoms with Crippen molar-refractivity contribution >= 4 is 17.8 Å². The number of carbonyl (C=O) groups excluding carboxylic acids is 3. The Kier molecular flexibility index (Phi) is 6.88. The van der Waals surface area contributed by atoms with Gasteiger partial charge in [0.2, 0.25) is 5.91 Å². The van der Waals surface area contributed by atoms with Crippen LogP contribution < -0.4 is 10.6 Å². The zero-order valence-corrected chi connectivity index (χ0v) is 19.2. The van der Waals surface area contributed by atoms with E-state index >= 15 is 0 Å². The number of ether oxygens (including phenoxy) is 1. The first kappa shape index (κ1) is 24.8. The highest BCUT2D eigenvalue weighted by atomic mass is 19.4. The first-order valence-corrected chi connectivity index (χ1v) is 11.4. The number of alkyl halides is 3. The minimum absolute atomic E-state index is 0.0157. The van der Waals surface area contributed by atoms with Gasteiger partial charge >= 0.3 is 12.2 Å². The van der Waals surface area contributed by atoms with Crippen LogP contribution in [-0.4, -0.2) is 66.0 Å². The second-order valence-corrected chi connectivity index (χ2v) is 8.72. The molecule has 1 saturated heterocycles. The maximum absolute atomic E-state index is 13.8. The van der Waals surface area contributed by atoms with Gasteiger partial charge in [-0.15, -0.1) is 6.58 Å². The Morgan fingerprint density at radius 1 is 1.34 bits per heavy atom. The van der Waals surface area contributed by atoms with E-state index < -0.39 is 41.7 Å². The third-order valence-electron chi connectivity index (χ3n) is 6.51. The second-order valence-electron chi connectivity index (χ2n) is 8.72. The molecule has 3 aliphatic heterocycles. The van der Waals surface area contributed by atoms with Crippen LogP contribution in [0.25, 0.3) is 0 Å². The van der Waals surface area contributed by atoms with Crippen LogP contribution in [0.4, 0.5) is 18.0 Å². The first-order valence-electron chi connectivity index (χ1n) is 11.4. The molecule has 0 radical (unpaired) electrons. The lowest BCUT2D eigenvalue weighted by Crippen LogP contribution is -2.48. The van der Waals surface area contributed by atoms with Gasteiger partial charge in [0.25, 0.3) is 5.91 Å². The number of hydrogen-bond acceptors (Lipinski definition) is 4. The summed E-state index contributed by atoms with van der Waals surface area (Å²) >= 11 is 0. The maximum atomic E-state index is 13.8. The van der Waals surface area contributed by atoms with Gasteiger partial charge in [-0.1, -0.05) is 24.3 Å². The van der Waals surface area contributed by atoms with E-state index in [0.29, 0.717) is 13.2 Å². The van der Waals surface area contributed by atoms with Crippen LogP contribution in [0.3, 0.4) is 0 Å². The summed E-state index contributed by atoms with van der Waals surface area (Å²) in [4.78, 5) is 41.7. The molecule has 4 amide bonds. The summed E-state index contributed by atoms with van der Waals surface area (Å²) in [5, 5.41) is 5.33. The van der Waals surface area contributed by atoms with E-state index in [9.17, 15) is 27.6 Å². The van der Waals surface area contributed by atoms with Gasteiger partial charge in [-0.2, -0.15) is 13.2 Å². The standard InChI is InChI=1S/C24H27F3N4O4/c1-3-10-30-18-13-31(14(2)21(32)28-12-15-7-6-11-35-15)22(33)19(18)20(29-23(30)34)16-8-4-5-9-17(16)24(25,26)27/h3-5,8-9,14-15,20H,1,6-7,10-13H2,2H3,(H,28,32)(H,29,34)/t14-,15+,20+/m0/s1. The van der Waals surface area contributed by atoms with Crippen molar-refractivity contribution in [3.8, 4) is 0 Å². The van der Waals surface area contributed by atoms with E-state index in [0.717, 1.165) is 18.9 Å². The fraction of sp³-hybridized carbons (Fsp3) is 0.458. The minimum Gasteiger partial charge on any atom is -0.376 e. The van der Waals surface area contributed by atoms with Crippen LogP contribution in [0.1, 0.15) is 36.9 Å². The van der Waals surface area contributed by atoms with Crippen molar-refractivity contribution in [3.05, 3.63) is 59.3 Å². The van der Waals surface area contributed by atoms with Crippen LogP contribution in [0.15, 0.2) is 48.2 Å². The van der Waals surface area contributed by atoms with Gasteiger partial charge in [-0.05, 0) is 31.4 Å². The molecule has 3 atom stereocenters. The SMILES string of the molecule is C=CCN1C(=O)N[C@H](c2ccccc2C(F)(F)F)C2=C1CN([C@@H](C)C(=O)NC[C@H]1CCCO1)C2=O. The molecule has 35 heavy (non-hydrogen) atoms. The van der Waals surface area contributed by atoms with E-state index in [1.165, 1.54) is 34.1 Å². The molecule has 1 fully saturated rings. The van der Waals surface area contributed by atoms with E-state index in [1.54, 1.807) is 6.92 Å². The van der Waals surface area contributed by atoms with Gasteiger partial charge in [0.05, 0.1) is 35.5 Å². The van der Waals surface area contributed by atoms with Crippen LogP contribution in [0, 0.1) is 0 Å². The molecule has 0 bridgehead atoms. The van der Waals surface area contributed by atoms with Gasteiger partial charge in [0, 0.05) is 19.7 Å². The van der Waals surface area contributed by atoms with Crippen molar-refractivity contribution in [2.45, 2.75) is 44.1 Å². The molecule has 4 rings (SSSR count). The van der Waals surface area contributed by atoms with Crippen molar-refractivity contribution in [2.75, 3.05) is 26.2 Å². The number of urea groups is 1. The van der Waals surface area contributed by atoms with Crippen molar-refractivity contribution in [1.82, 2.24) is 20.4 Å². The molecule has 1 aromatic carbocycles. The molecular weight excluding hydrogens is 465 g/mol. The average molecular weight is 492 g/mol. The molecule has 3 heterocycles. The Bertz CT molecular complexity index is 1070. The average Bonchev–Trinajstić information content (AvgIpc) is 3.46. The highest BCUT2D eigenvalue weighted by Crippen LogP contribution is 2.41. The molecule has 0 aliphatic carbocycles. The van der Waals surface area contributed by atoms with Crippen molar-refractivity contribution in [1.29, 1.82) is 0 Å². The summed E-state index contributed by atoms with van der Waals surface area (Å²) in [6.45, 7) is 6.08. The molecule has 11 heteroatoms. The summed E-state index contributed by atoms with van der Waals surface area (Å²) < 4.78 is 46.8. The van der Waals surface area contributed by atoms with Crippen molar-refractivity contribution < 1.29 is 32.3 Å². The topological polar surface area (TPSA) is 91.0 Å². The Labute approximate surface area is 200 Å².